The molecule has 1 fully saturated rings. The van der Waals surface area contributed by atoms with Gasteiger partial charge in [-0.15, -0.1) is 0 Å². The number of rotatable bonds is 19. The molecule has 3 aromatic rings. The number of benzene rings is 3. The summed E-state index contributed by atoms with van der Waals surface area (Å²) in [5.74, 6) is 1.83. The van der Waals surface area contributed by atoms with Gasteiger partial charge in [0.25, 0.3) is 0 Å². The van der Waals surface area contributed by atoms with Crippen molar-refractivity contribution in [3.8, 4) is 28.0 Å². The molecule has 0 atom stereocenters. The molecule has 2 N–H and O–H groups in total. The number of aliphatic hydroxyl groups excluding tert-OH is 2. The van der Waals surface area contributed by atoms with Crippen molar-refractivity contribution in [2.45, 2.75) is 104 Å². The van der Waals surface area contributed by atoms with Gasteiger partial charge in [0.2, 0.25) is 0 Å². The highest BCUT2D eigenvalue weighted by molar-refractivity contribution is 5.86. The Bertz CT molecular complexity index is 1430. The number of hydrogen-bond donors (Lipinski definition) is 2. The Hall–Kier alpha value is -3.41. The first-order valence-electron chi connectivity index (χ1n) is 18.4. The van der Waals surface area contributed by atoms with Gasteiger partial charge in [0, 0.05) is 24.7 Å². The topological polar surface area (TPSA) is 76.0 Å². The minimum atomic E-state index is -0.373. The molecule has 1 aliphatic rings. The molecular formula is C43H58O5. The first-order chi connectivity index (χ1) is 23.4. The Balaban J connectivity index is 1.47. The van der Waals surface area contributed by atoms with Crippen molar-refractivity contribution >= 4 is 5.97 Å². The molecule has 1 saturated carbocycles. The fourth-order valence-electron chi connectivity index (χ4n) is 6.97. The van der Waals surface area contributed by atoms with Crippen molar-refractivity contribution in [3.63, 3.8) is 0 Å². The Morgan fingerprint density at radius 2 is 1.52 bits per heavy atom. The molecule has 1 aliphatic carbocycles. The molecule has 0 amide bonds. The van der Waals surface area contributed by atoms with Crippen LogP contribution in [0, 0.1) is 11.8 Å². The lowest BCUT2D eigenvalue weighted by atomic mass is 9.77. The van der Waals surface area contributed by atoms with Crippen molar-refractivity contribution in [3.05, 3.63) is 89.5 Å². The predicted octanol–water partition coefficient (Wildman–Crippen LogP) is 9.86. The summed E-state index contributed by atoms with van der Waals surface area (Å²) in [5, 5.41) is 18.9. The number of aryl methyl sites for hydroxylation is 2. The van der Waals surface area contributed by atoms with E-state index in [1.54, 1.807) is 6.92 Å². The molecule has 0 spiro atoms. The number of ether oxygens (including phenoxy) is 2. The fraction of sp³-hybridized carbons (Fsp3) is 0.512. The zero-order chi connectivity index (χ0) is 34.3. The lowest BCUT2D eigenvalue weighted by Crippen LogP contribution is -2.15. The van der Waals surface area contributed by atoms with Gasteiger partial charge in [-0.3, -0.25) is 0 Å². The first-order valence-corrected chi connectivity index (χ1v) is 18.4. The number of carbonyl (C=O) groups excluding carboxylic acids is 1. The van der Waals surface area contributed by atoms with E-state index in [1.807, 2.05) is 6.07 Å². The van der Waals surface area contributed by atoms with E-state index in [0.29, 0.717) is 44.0 Å². The zero-order valence-electron chi connectivity index (χ0n) is 29.6. The maximum absolute atomic E-state index is 11.9. The van der Waals surface area contributed by atoms with Crippen molar-refractivity contribution in [1.82, 2.24) is 0 Å². The van der Waals surface area contributed by atoms with Crippen LogP contribution in [0.3, 0.4) is 0 Å². The second-order valence-corrected chi connectivity index (χ2v) is 13.8. The van der Waals surface area contributed by atoms with E-state index in [9.17, 15) is 15.0 Å². The lowest BCUT2D eigenvalue weighted by molar-refractivity contribution is -0.139. The molecule has 5 heteroatoms. The fourth-order valence-corrected chi connectivity index (χ4v) is 6.97. The molecule has 0 bridgehead atoms. The maximum Gasteiger partial charge on any atom is 0.333 e. The molecule has 0 radical (unpaired) electrons. The van der Waals surface area contributed by atoms with Crippen LogP contribution < -0.4 is 4.74 Å². The van der Waals surface area contributed by atoms with Crippen molar-refractivity contribution < 1.29 is 24.5 Å². The Labute approximate surface area is 289 Å². The SMILES string of the molecule is C=C(C)C(=O)OCCCc1cc(-c2ccc(-c3ccc(C4CCC(CCCCC)CC4)cc3)cc2CC)ccc1OCCC(CO)CO. The second kappa shape index (κ2) is 19.6. The highest BCUT2D eigenvalue weighted by atomic mass is 16.5. The third-order valence-corrected chi connectivity index (χ3v) is 10.1. The Morgan fingerprint density at radius 1 is 0.833 bits per heavy atom. The average Bonchev–Trinajstić information content (AvgIpc) is 3.12. The zero-order valence-corrected chi connectivity index (χ0v) is 29.6. The number of carbonyl (C=O) groups is 1. The number of hydrogen-bond acceptors (Lipinski definition) is 5. The Morgan fingerprint density at radius 3 is 2.19 bits per heavy atom. The van der Waals surface area contributed by atoms with Crippen LogP contribution in [-0.4, -0.2) is 42.6 Å². The molecule has 0 aromatic heterocycles. The summed E-state index contributed by atoms with van der Waals surface area (Å²) in [6.45, 7) is 10.4. The van der Waals surface area contributed by atoms with Gasteiger partial charge in [-0.25, -0.2) is 4.79 Å². The lowest BCUT2D eigenvalue weighted by Gasteiger charge is -2.29. The van der Waals surface area contributed by atoms with Crippen LogP contribution in [0.4, 0.5) is 0 Å². The highest BCUT2D eigenvalue weighted by Crippen LogP contribution is 2.39. The number of unbranched alkanes of at least 4 members (excludes halogenated alkanes) is 2. The van der Waals surface area contributed by atoms with Crippen molar-refractivity contribution in [2.75, 3.05) is 26.4 Å². The molecule has 0 heterocycles. The molecule has 5 nitrogen and oxygen atoms in total. The van der Waals surface area contributed by atoms with Crippen LogP contribution >= 0.6 is 0 Å². The number of esters is 1. The average molecular weight is 655 g/mol. The normalized spacial score (nSPS) is 16.2. The molecule has 4 rings (SSSR count). The van der Waals surface area contributed by atoms with Gasteiger partial charge in [0.1, 0.15) is 5.75 Å². The molecule has 260 valence electrons. The minimum Gasteiger partial charge on any atom is -0.493 e. The van der Waals surface area contributed by atoms with Crippen molar-refractivity contribution in [2.24, 2.45) is 11.8 Å². The van der Waals surface area contributed by atoms with E-state index in [-0.39, 0.29) is 25.1 Å². The van der Waals surface area contributed by atoms with E-state index in [0.717, 1.165) is 29.2 Å². The Kier molecular flexibility index (Phi) is 15.2. The molecule has 0 unspecified atom stereocenters. The quantitative estimate of drug-likeness (QED) is 0.0765. The van der Waals surface area contributed by atoms with Crippen LogP contribution in [-0.2, 0) is 22.4 Å². The van der Waals surface area contributed by atoms with Gasteiger partial charge >= 0.3 is 5.97 Å². The van der Waals surface area contributed by atoms with E-state index in [1.165, 1.54) is 79.2 Å². The van der Waals surface area contributed by atoms with E-state index >= 15 is 0 Å². The molecular weight excluding hydrogens is 596 g/mol. The van der Waals surface area contributed by atoms with Crippen LogP contribution in [0.1, 0.15) is 108 Å². The first kappa shape index (κ1) is 37.4. The maximum atomic E-state index is 11.9. The van der Waals surface area contributed by atoms with Gasteiger partial charge < -0.3 is 19.7 Å². The van der Waals surface area contributed by atoms with Crippen LogP contribution in [0.2, 0.25) is 0 Å². The van der Waals surface area contributed by atoms with E-state index in [2.05, 4.69) is 75.0 Å². The summed E-state index contributed by atoms with van der Waals surface area (Å²) in [6.07, 6.45) is 13.7. The largest absolute Gasteiger partial charge is 0.493 e. The molecule has 0 saturated heterocycles. The molecule has 48 heavy (non-hydrogen) atoms. The van der Waals surface area contributed by atoms with Gasteiger partial charge in [-0.05, 0) is 121 Å². The molecule has 3 aromatic carbocycles. The smallest absolute Gasteiger partial charge is 0.333 e. The van der Waals surface area contributed by atoms with Gasteiger partial charge in [-0.1, -0.05) is 94.6 Å². The summed E-state index contributed by atoms with van der Waals surface area (Å²) in [7, 11) is 0. The highest BCUT2D eigenvalue weighted by Gasteiger charge is 2.22. The third-order valence-electron chi connectivity index (χ3n) is 10.1. The summed E-state index contributed by atoms with van der Waals surface area (Å²) < 4.78 is 11.5. The van der Waals surface area contributed by atoms with Crippen LogP contribution in [0.25, 0.3) is 22.3 Å². The van der Waals surface area contributed by atoms with Gasteiger partial charge in [0.05, 0.1) is 13.2 Å². The van der Waals surface area contributed by atoms with E-state index in [4.69, 9.17) is 9.47 Å². The minimum absolute atomic E-state index is 0.0696. The summed E-state index contributed by atoms with van der Waals surface area (Å²) in [6, 6.07) is 22.4. The summed E-state index contributed by atoms with van der Waals surface area (Å²) in [5.41, 5.74) is 9.05. The summed E-state index contributed by atoms with van der Waals surface area (Å²) >= 11 is 0. The molecule has 0 aliphatic heterocycles. The standard InChI is InChI=1S/C43H58O5/c1-5-7-8-10-32-12-14-35(15-13-32)36-16-18-37(19-17-36)38-20-22-41(34(6-2)27-38)39-21-23-42(47-26-24-33(29-44)30-45)40(28-39)11-9-25-48-43(46)31(3)4/h16-23,27-28,32-33,35,44-45H,3,5-15,24-26,29-30H2,1-2,4H3. The van der Waals surface area contributed by atoms with Crippen molar-refractivity contribution in [1.29, 1.82) is 0 Å². The number of aliphatic hydroxyl groups is 2. The predicted molar refractivity (Wildman–Crippen MR) is 197 cm³/mol. The third kappa shape index (κ3) is 10.8. The van der Waals surface area contributed by atoms with Gasteiger partial charge in [-0.2, -0.15) is 0 Å². The van der Waals surface area contributed by atoms with Gasteiger partial charge in [0.15, 0.2) is 0 Å². The second-order valence-electron chi connectivity index (χ2n) is 13.8. The summed E-state index contributed by atoms with van der Waals surface area (Å²) in [4.78, 5) is 11.9. The van der Waals surface area contributed by atoms with Crippen LogP contribution in [0.5, 0.6) is 5.75 Å². The van der Waals surface area contributed by atoms with Crippen LogP contribution in [0.15, 0.2) is 72.8 Å². The monoisotopic (exact) mass is 654 g/mol. The van der Waals surface area contributed by atoms with E-state index < -0.39 is 0 Å².